The summed E-state index contributed by atoms with van der Waals surface area (Å²) in [5, 5.41) is 3.05. The minimum absolute atomic E-state index is 0.292. The van der Waals surface area contributed by atoms with Crippen molar-refractivity contribution in [2.24, 2.45) is 5.73 Å². The Balaban J connectivity index is 2.40. The molecule has 0 fully saturated rings. The largest absolute Gasteiger partial charge is 0.399 e. The number of amides is 1. The Morgan fingerprint density at radius 1 is 1.16 bits per heavy atom. The molecule has 2 aromatic carbocycles. The highest BCUT2D eigenvalue weighted by atomic mass is 127. The second-order valence-corrected chi connectivity index (χ2v) is 5.08. The first-order valence-electron chi connectivity index (χ1n) is 5.39. The third kappa shape index (κ3) is 3.14. The van der Waals surface area contributed by atoms with Crippen molar-refractivity contribution in [3.05, 3.63) is 51.3 Å². The van der Waals surface area contributed by atoms with Gasteiger partial charge < -0.3 is 16.8 Å². The molecular formula is C13H11FIN3O. The maximum atomic E-state index is 13.0. The van der Waals surface area contributed by atoms with Gasteiger partial charge in [0, 0.05) is 9.26 Å². The second kappa shape index (κ2) is 5.43. The van der Waals surface area contributed by atoms with Crippen molar-refractivity contribution in [2.75, 3.05) is 11.1 Å². The van der Waals surface area contributed by atoms with Gasteiger partial charge in [-0.25, -0.2) is 4.39 Å². The number of nitrogens with two attached hydrogens (primary N) is 2. The van der Waals surface area contributed by atoms with Crippen LogP contribution in [0.3, 0.4) is 0 Å². The molecule has 2 rings (SSSR count). The van der Waals surface area contributed by atoms with Gasteiger partial charge in [0.05, 0.1) is 16.9 Å². The monoisotopic (exact) mass is 371 g/mol. The summed E-state index contributed by atoms with van der Waals surface area (Å²) in [4.78, 5) is 11.4. The number of anilines is 3. The van der Waals surface area contributed by atoms with Crippen LogP contribution in [-0.2, 0) is 0 Å². The summed E-state index contributed by atoms with van der Waals surface area (Å²) in [6, 6.07) is 9.15. The fourth-order valence-electron chi connectivity index (χ4n) is 1.61. The molecule has 0 saturated carbocycles. The highest BCUT2D eigenvalue weighted by Crippen LogP contribution is 2.26. The number of nitrogens with one attached hydrogen (secondary N) is 1. The maximum Gasteiger partial charge on any atom is 0.250 e. The van der Waals surface area contributed by atoms with Crippen molar-refractivity contribution in [1.82, 2.24) is 0 Å². The summed E-state index contributed by atoms with van der Waals surface area (Å²) in [6.45, 7) is 0. The molecule has 0 atom stereocenters. The molecule has 0 aromatic heterocycles. The van der Waals surface area contributed by atoms with Crippen molar-refractivity contribution in [2.45, 2.75) is 0 Å². The second-order valence-electron chi connectivity index (χ2n) is 3.92. The highest BCUT2D eigenvalue weighted by molar-refractivity contribution is 14.1. The fourth-order valence-corrected chi connectivity index (χ4v) is 2.22. The van der Waals surface area contributed by atoms with Crippen LogP contribution in [0.5, 0.6) is 0 Å². The Morgan fingerprint density at radius 2 is 1.84 bits per heavy atom. The summed E-state index contributed by atoms with van der Waals surface area (Å²) in [5.41, 5.74) is 12.9. The molecule has 0 aliphatic heterocycles. The lowest BCUT2D eigenvalue weighted by Gasteiger charge is -2.12. The summed E-state index contributed by atoms with van der Waals surface area (Å²) in [6.07, 6.45) is 0. The van der Waals surface area contributed by atoms with Gasteiger partial charge in [0.1, 0.15) is 5.82 Å². The zero-order valence-corrected chi connectivity index (χ0v) is 11.9. The van der Waals surface area contributed by atoms with Crippen molar-refractivity contribution in [3.63, 3.8) is 0 Å². The van der Waals surface area contributed by atoms with Gasteiger partial charge in [0.25, 0.3) is 5.91 Å². The zero-order chi connectivity index (χ0) is 14.0. The number of carbonyl (C=O) groups excluding carboxylic acids is 1. The average Bonchev–Trinajstić information content (AvgIpc) is 2.34. The van der Waals surface area contributed by atoms with E-state index in [-0.39, 0.29) is 5.82 Å². The fraction of sp³-hybridized carbons (Fsp3) is 0. The normalized spacial score (nSPS) is 10.2. The van der Waals surface area contributed by atoms with Crippen molar-refractivity contribution in [3.8, 4) is 0 Å². The molecule has 0 unspecified atom stereocenters. The van der Waals surface area contributed by atoms with E-state index in [0.717, 1.165) is 0 Å². The summed E-state index contributed by atoms with van der Waals surface area (Å²) in [7, 11) is 0. The zero-order valence-electron chi connectivity index (χ0n) is 9.78. The van der Waals surface area contributed by atoms with Crippen LogP contribution in [-0.4, -0.2) is 5.91 Å². The Labute approximate surface area is 123 Å². The lowest BCUT2D eigenvalue weighted by Crippen LogP contribution is -2.14. The maximum absolute atomic E-state index is 13.0. The molecule has 6 heteroatoms. The molecule has 0 heterocycles. The minimum Gasteiger partial charge on any atom is -0.399 e. The van der Waals surface area contributed by atoms with E-state index in [2.05, 4.69) is 5.32 Å². The third-order valence-corrected chi connectivity index (χ3v) is 3.40. The van der Waals surface area contributed by atoms with Gasteiger partial charge in [-0.2, -0.15) is 0 Å². The van der Waals surface area contributed by atoms with Crippen LogP contribution in [0.25, 0.3) is 0 Å². The number of benzene rings is 2. The smallest absolute Gasteiger partial charge is 0.250 e. The van der Waals surface area contributed by atoms with E-state index in [4.69, 9.17) is 11.5 Å². The van der Waals surface area contributed by atoms with Crippen LogP contribution in [0, 0.1) is 9.39 Å². The van der Waals surface area contributed by atoms with Gasteiger partial charge in [-0.15, -0.1) is 0 Å². The molecule has 4 nitrogen and oxygen atoms in total. The molecule has 0 bridgehead atoms. The summed E-state index contributed by atoms with van der Waals surface area (Å²) in [5.74, 6) is -0.894. The van der Waals surface area contributed by atoms with Gasteiger partial charge in [-0.1, -0.05) is 0 Å². The molecule has 2 aromatic rings. The van der Waals surface area contributed by atoms with Crippen LogP contribution < -0.4 is 16.8 Å². The molecule has 5 N–H and O–H groups in total. The molecule has 0 saturated heterocycles. The first-order chi connectivity index (χ1) is 8.97. The average molecular weight is 371 g/mol. The van der Waals surface area contributed by atoms with Crippen molar-refractivity contribution in [1.29, 1.82) is 0 Å². The van der Waals surface area contributed by atoms with Gasteiger partial charge >= 0.3 is 0 Å². The molecular weight excluding hydrogens is 360 g/mol. The highest BCUT2D eigenvalue weighted by Gasteiger charge is 2.10. The Morgan fingerprint density at radius 3 is 2.47 bits per heavy atom. The molecule has 98 valence electrons. The Bertz CT molecular complexity index is 646. The van der Waals surface area contributed by atoms with Crippen LogP contribution in [0.15, 0.2) is 36.4 Å². The standard InChI is InChI=1S/C13H11FIN3O/c14-7-1-3-12(10(15)5-7)18-11-4-2-8(16)6-9(11)13(17)19/h1-6,18H,16H2,(H2,17,19). The number of nitrogen functional groups attached to an aromatic ring is 1. The number of rotatable bonds is 3. The van der Waals surface area contributed by atoms with E-state index in [9.17, 15) is 9.18 Å². The Kier molecular flexibility index (Phi) is 3.89. The lowest BCUT2D eigenvalue weighted by molar-refractivity contribution is 0.100. The van der Waals surface area contributed by atoms with Crippen molar-refractivity contribution >= 4 is 45.6 Å². The number of hydrogen-bond acceptors (Lipinski definition) is 3. The predicted octanol–water partition coefficient (Wildman–Crippen LogP) is 2.86. The van der Waals surface area contributed by atoms with Crippen molar-refractivity contribution < 1.29 is 9.18 Å². The van der Waals surface area contributed by atoms with Gasteiger partial charge in [-0.3, -0.25) is 4.79 Å². The predicted molar refractivity (Wildman–Crippen MR) is 81.8 cm³/mol. The molecule has 19 heavy (non-hydrogen) atoms. The SMILES string of the molecule is NC(=O)c1cc(N)ccc1Nc1ccc(F)cc1I. The van der Waals surface area contributed by atoms with Gasteiger partial charge in [0.2, 0.25) is 0 Å². The quantitative estimate of drug-likeness (QED) is 0.573. The van der Waals surface area contributed by atoms with Crippen LogP contribution >= 0.6 is 22.6 Å². The van der Waals surface area contributed by atoms with E-state index < -0.39 is 5.91 Å². The van der Waals surface area contributed by atoms with E-state index in [1.54, 1.807) is 18.2 Å². The van der Waals surface area contributed by atoms with Crippen LogP contribution in [0.4, 0.5) is 21.5 Å². The summed E-state index contributed by atoms with van der Waals surface area (Å²) < 4.78 is 13.7. The first kappa shape index (κ1) is 13.6. The van der Waals surface area contributed by atoms with E-state index in [1.165, 1.54) is 18.2 Å². The number of primary amides is 1. The van der Waals surface area contributed by atoms with E-state index >= 15 is 0 Å². The molecule has 0 aliphatic carbocycles. The Hall–Kier alpha value is -1.83. The topological polar surface area (TPSA) is 81.1 Å². The van der Waals surface area contributed by atoms with Crippen LogP contribution in [0.1, 0.15) is 10.4 Å². The van der Waals surface area contributed by atoms with Crippen LogP contribution in [0.2, 0.25) is 0 Å². The van der Waals surface area contributed by atoms with Gasteiger partial charge in [-0.05, 0) is 59.0 Å². The minimum atomic E-state index is -0.577. The lowest BCUT2D eigenvalue weighted by atomic mass is 10.1. The molecule has 0 radical (unpaired) electrons. The van der Waals surface area contributed by atoms with E-state index in [0.29, 0.717) is 26.2 Å². The third-order valence-electron chi connectivity index (χ3n) is 2.51. The van der Waals surface area contributed by atoms with E-state index in [1.807, 2.05) is 22.6 Å². The molecule has 0 aliphatic rings. The first-order valence-corrected chi connectivity index (χ1v) is 6.46. The van der Waals surface area contributed by atoms with Gasteiger partial charge in [0.15, 0.2) is 0 Å². The number of hydrogen-bond donors (Lipinski definition) is 3. The molecule has 1 amide bonds. The number of halogens is 2. The number of carbonyl (C=O) groups is 1. The summed E-state index contributed by atoms with van der Waals surface area (Å²) >= 11 is 2.01. The molecule has 0 spiro atoms.